The van der Waals surface area contributed by atoms with Crippen molar-refractivity contribution < 1.29 is 32.5 Å². The number of non-ortho nitro benzene ring substituents is 1. The Balaban J connectivity index is 1.68. The highest BCUT2D eigenvalue weighted by atomic mass is 19.4. The number of rotatable bonds is 6. The third-order valence-corrected chi connectivity index (χ3v) is 5.47. The van der Waals surface area contributed by atoms with Gasteiger partial charge in [-0.1, -0.05) is 30.3 Å². The van der Waals surface area contributed by atoms with Gasteiger partial charge < -0.3 is 5.32 Å². The van der Waals surface area contributed by atoms with Gasteiger partial charge in [-0.3, -0.25) is 29.4 Å². The molecule has 35 heavy (non-hydrogen) atoms. The summed E-state index contributed by atoms with van der Waals surface area (Å²) in [6.45, 7) is 0. The molecular weight excluding hydrogens is 467 g/mol. The van der Waals surface area contributed by atoms with E-state index in [0.29, 0.717) is 5.56 Å². The minimum Gasteiger partial charge on any atom is -0.324 e. The molecule has 1 aliphatic rings. The number of anilines is 1. The number of benzene rings is 3. The number of nitrogens with zero attached hydrogens (tertiary/aromatic N) is 2. The second kappa shape index (κ2) is 9.01. The fraction of sp³-hybridized carbons (Fsp3) is 0.125. The van der Waals surface area contributed by atoms with Crippen molar-refractivity contribution >= 4 is 29.1 Å². The summed E-state index contributed by atoms with van der Waals surface area (Å²) < 4.78 is 39.2. The standard InChI is InChI=1S/C24H16F3N3O5/c25-24(26,27)15-4-3-5-16(13-15)28-21(31)20(12-14-8-10-17(11-9-14)30(34)35)29-22(32)18-6-1-2-7-19(18)23(29)33/h1-11,13,20H,12H2,(H,28,31). The molecule has 0 aromatic heterocycles. The zero-order valence-corrected chi connectivity index (χ0v) is 17.8. The largest absolute Gasteiger partial charge is 0.416 e. The minimum atomic E-state index is -4.64. The monoisotopic (exact) mass is 483 g/mol. The molecule has 1 aliphatic heterocycles. The van der Waals surface area contributed by atoms with E-state index in [2.05, 4.69) is 5.32 Å². The molecule has 0 saturated heterocycles. The van der Waals surface area contributed by atoms with Crippen LogP contribution in [0, 0.1) is 10.1 Å². The van der Waals surface area contributed by atoms with E-state index in [-0.39, 0.29) is 28.9 Å². The van der Waals surface area contributed by atoms with Crippen LogP contribution in [0.1, 0.15) is 31.8 Å². The number of carbonyl (C=O) groups is 3. The van der Waals surface area contributed by atoms with Crippen LogP contribution < -0.4 is 5.32 Å². The fourth-order valence-corrected chi connectivity index (χ4v) is 3.77. The van der Waals surface area contributed by atoms with E-state index in [1.54, 1.807) is 12.1 Å². The third kappa shape index (κ3) is 4.74. The van der Waals surface area contributed by atoms with Crippen LogP contribution in [-0.4, -0.2) is 33.6 Å². The van der Waals surface area contributed by atoms with Gasteiger partial charge in [0.25, 0.3) is 17.5 Å². The summed E-state index contributed by atoms with van der Waals surface area (Å²) in [4.78, 5) is 50.3. The summed E-state index contributed by atoms with van der Waals surface area (Å²) in [5.41, 5.74) is -0.759. The Morgan fingerprint density at radius 2 is 1.54 bits per heavy atom. The molecule has 1 N–H and O–H groups in total. The van der Waals surface area contributed by atoms with Crippen molar-refractivity contribution in [2.45, 2.75) is 18.6 Å². The first kappa shape index (κ1) is 23.6. The number of nitro benzene ring substituents is 1. The fourth-order valence-electron chi connectivity index (χ4n) is 3.77. The van der Waals surface area contributed by atoms with Crippen molar-refractivity contribution in [3.8, 4) is 0 Å². The average Bonchev–Trinajstić information content (AvgIpc) is 3.07. The van der Waals surface area contributed by atoms with Gasteiger partial charge in [0, 0.05) is 24.2 Å². The smallest absolute Gasteiger partial charge is 0.324 e. The lowest BCUT2D eigenvalue weighted by Crippen LogP contribution is -2.48. The maximum Gasteiger partial charge on any atom is 0.416 e. The van der Waals surface area contributed by atoms with Crippen LogP contribution in [0.5, 0.6) is 0 Å². The lowest BCUT2D eigenvalue weighted by Gasteiger charge is -2.25. The maximum absolute atomic E-state index is 13.2. The molecular formula is C24H16F3N3O5. The zero-order chi connectivity index (χ0) is 25.3. The van der Waals surface area contributed by atoms with Crippen LogP contribution in [0.4, 0.5) is 24.5 Å². The number of hydrogen-bond acceptors (Lipinski definition) is 5. The second-order valence-corrected chi connectivity index (χ2v) is 7.74. The Kier molecular flexibility index (Phi) is 6.08. The SMILES string of the molecule is O=C(Nc1cccc(C(F)(F)F)c1)C(Cc1ccc([N+](=O)[O-])cc1)N1C(=O)c2ccccc2C1=O. The van der Waals surface area contributed by atoms with E-state index in [1.165, 1.54) is 42.5 Å². The van der Waals surface area contributed by atoms with Crippen LogP contribution in [-0.2, 0) is 17.4 Å². The highest BCUT2D eigenvalue weighted by Crippen LogP contribution is 2.31. The number of hydrogen-bond donors (Lipinski definition) is 1. The molecule has 3 amide bonds. The first-order chi connectivity index (χ1) is 16.6. The van der Waals surface area contributed by atoms with Crippen molar-refractivity contribution in [2.75, 3.05) is 5.32 Å². The lowest BCUT2D eigenvalue weighted by atomic mass is 10.0. The molecule has 3 aromatic carbocycles. The first-order valence-corrected chi connectivity index (χ1v) is 10.2. The van der Waals surface area contributed by atoms with Gasteiger partial charge in [-0.25, -0.2) is 0 Å². The summed E-state index contributed by atoms with van der Waals surface area (Å²) in [5, 5.41) is 13.3. The lowest BCUT2D eigenvalue weighted by molar-refractivity contribution is -0.384. The van der Waals surface area contributed by atoms with E-state index in [0.717, 1.165) is 23.1 Å². The predicted octanol–water partition coefficient (Wildman–Crippen LogP) is 4.46. The molecule has 178 valence electrons. The number of amides is 3. The van der Waals surface area contributed by atoms with Crippen LogP contribution in [0.2, 0.25) is 0 Å². The van der Waals surface area contributed by atoms with Crippen molar-refractivity contribution in [3.05, 3.63) is 105 Å². The van der Waals surface area contributed by atoms with E-state index in [1.807, 2.05) is 0 Å². The van der Waals surface area contributed by atoms with Crippen LogP contribution in [0.3, 0.4) is 0 Å². The number of nitrogens with one attached hydrogen (secondary N) is 1. The molecule has 0 saturated carbocycles. The summed E-state index contributed by atoms with van der Waals surface area (Å²) >= 11 is 0. The number of carbonyl (C=O) groups excluding carboxylic acids is 3. The van der Waals surface area contributed by atoms with Gasteiger partial charge in [-0.2, -0.15) is 13.2 Å². The van der Waals surface area contributed by atoms with E-state index in [4.69, 9.17) is 0 Å². The van der Waals surface area contributed by atoms with Crippen LogP contribution in [0.25, 0.3) is 0 Å². The van der Waals surface area contributed by atoms with Gasteiger partial charge in [-0.15, -0.1) is 0 Å². The molecule has 1 unspecified atom stereocenters. The summed E-state index contributed by atoms with van der Waals surface area (Å²) in [6, 6.07) is 13.7. The molecule has 8 nitrogen and oxygen atoms in total. The topological polar surface area (TPSA) is 110 Å². The maximum atomic E-state index is 13.2. The predicted molar refractivity (Wildman–Crippen MR) is 118 cm³/mol. The number of fused-ring (bicyclic) bond motifs is 1. The molecule has 11 heteroatoms. The Morgan fingerprint density at radius 3 is 2.09 bits per heavy atom. The summed E-state index contributed by atoms with van der Waals surface area (Å²) in [7, 11) is 0. The number of halogens is 3. The Bertz CT molecular complexity index is 1300. The van der Waals surface area contributed by atoms with Crippen LogP contribution in [0.15, 0.2) is 72.8 Å². The zero-order valence-electron chi connectivity index (χ0n) is 17.8. The van der Waals surface area contributed by atoms with Gasteiger partial charge in [0.05, 0.1) is 21.6 Å². The quantitative estimate of drug-likeness (QED) is 0.316. The van der Waals surface area contributed by atoms with Gasteiger partial charge in [0.2, 0.25) is 5.91 Å². The van der Waals surface area contributed by atoms with Gasteiger partial charge in [-0.05, 0) is 35.9 Å². The Morgan fingerprint density at radius 1 is 0.943 bits per heavy atom. The minimum absolute atomic E-state index is 0.0954. The van der Waals surface area contributed by atoms with Gasteiger partial charge in [0.15, 0.2) is 0 Å². The van der Waals surface area contributed by atoms with E-state index < -0.39 is 40.4 Å². The summed E-state index contributed by atoms with van der Waals surface area (Å²) in [5.74, 6) is -2.34. The highest BCUT2D eigenvalue weighted by Gasteiger charge is 2.42. The van der Waals surface area contributed by atoms with E-state index >= 15 is 0 Å². The molecule has 1 atom stereocenters. The molecule has 4 rings (SSSR count). The normalized spacial score (nSPS) is 14.0. The Labute approximate surface area is 196 Å². The van der Waals surface area contributed by atoms with Crippen molar-refractivity contribution in [1.82, 2.24) is 4.90 Å². The number of imide groups is 1. The molecule has 0 radical (unpaired) electrons. The summed E-state index contributed by atoms with van der Waals surface area (Å²) in [6.07, 6.45) is -4.85. The second-order valence-electron chi connectivity index (χ2n) is 7.74. The molecule has 0 aliphatic carbocycles. The van der Waals surface area contributed by atoms with Crippen molar-refractivity contribution in [1.29, 1.82) is 0 Å². The van der Waals surface area contributed by atoms with Gasteiger partial charge >= 0.3 is 6.18 Å². The third-order valence-electron chi connectivity index (χ3n) is 5.47. The highest BCUT2D eigenvalue weighted by molar-refractivity contribution is 6.23. The molecule has 3 aromatic rings. The molecule has 0 bridgehead atoms. The first-order valence-electron chi connectivity index (χ1n) is 10.2. The van der Waals surface area contributed by atoms with Gasteiger partial charge in [0.1, 0.15) is 6.04 Å². The van der Waals surface area contributed by atoms with Crippen LogP contribution >= 0.6 is 0 Å². The van der Waals surface area contributed by atoms with E-state index in [9.17, 15) is 37.7 Å². The Hall–Kier alpha value is -4.54. The molecule has 0 fully saturated rings. The number of alkyl halides is 3. The molecule has 1 heterocycles. The average molecular weight is 483 g/mol. The molecule has 0 spiro atoms. The number of nitro groups is 1. The van der Waals surface area contributed by atoms with Crippen molar-refractivity contribution in [2.24, 2.45) is 0 Å². The van der Waals surface area contributed by atoms with Crippen molar-refractivity contribution in [3.63, 3.8) is 0 Å².